The summed E-state index contributed by atoms with van der Waals surface area (Å²) in [6, 6.07) is 9.86. The molecule has 0 aliphatic carbocycles. The number of hydrogen-bond acceptors (Lipinski definition) is 2. The second-order valence-corrected chi connectivity index (χ2v) is 5.24. The van der Waals surface area contributed by atoms with Crippen LogP contribution in [0, 0.1) is 13.8 Å². The monoisotopic (exact) mass is 268 g/mol. The zero-order valence-electron chi connectivity index (χ0n) is 12.2. The Labute approximate surface area is 120 Å². The summed E-state index contributed by atoms with van der Waals surface area (Å²) in [6.07, 6.45) is 4.01. The zero-order chi connectivity index (χ0) is 14.5. The van der Waals surface area contributed by atoms with Crippen LogP contribution in [0.5, 0.6) is 0 Å². The van der Waals surface area contributed by atoms with Crippen LogP contribution in [-0.2, 0) is 4.79 Å². The van der Waals surface area contributed by atoms with Crippen molar-refractivity contribution in [1.29, 1.82) is 0 Å². The predicted molar refractivity (Wildman–Crippen MR) is 81.8 cm³/mol. The van der Waals surface area contributed by atoms with Gasteiger partial charge in [0.05, 0.1) is 0 Å². The fourth-order valence-corrected chi connectivity index (χ4v) is 2.09. The van der Waals surface area contributed by atoms with Gasteiger partial charge in [-0.15, -0.1) is 0 Å². The maximum Gasteiger partial charge on any atom is 0.224 e. The molecule has 1 aromatic heterocycles. The SMILES string of the molecule is Cc1ccc(NC(=O)CC(C)c2cccnc2)cc1C. The second-order valence-electron chi connectivity index (χ2n) is 5.24. The van der Waals surface area contributed by atoms with E-state index in [0.29, 0.717) is 6.42 Å². The molecule has 0 saturated heterocycles. The van der Waals surface area contributed by atoms with E-state index in [0.717, 1.165) is 11.3 Å². The van der Waals surface area contributed by atoms with Crippen molar-refractivity contribution in [2.75, 3.05) is 5.32 Å². The predicted octanol–water partition coefficient (Wildman–Crippen LogP) is 3.83. The minimum Gasteiger partial charge on any atom is -0.326 e. The van der Waals surface area contributed by atoms with Crippen molar-refractivity contribution >= 4 is 11.6 Å². The van der Waals surface area contributed by atoms with Crippen LogP contribution in [0.15, 0.2) is 42.7 Å². The highest BCUT2D eigenvalue weighted by Gasteiger charge is 2.11. The minimum atomic E-state index is 0.0320. The Hall–Kier alpha value is -2.16. The lowest BCUT2D eigenvalue weighted by Crippen LogP contribution is -2.14. The molecule has 1 unspecified atom stereocenters. The number of carbonyl (C=O) groups is 1. The van der Waals surface area contributed by atoms with Gasteiger partial charge >= 0.3 is 0 Å². The Morgan fingerprint density at radius 3 is 2.70 bits per heavy atom. The zero-order valence-corrected chi connectivity index (χ0v) is 12.2. The number of pyridine rings is 1. The van der Waals surface area contributed by atoms with E-state index in [9.17, 15) is 4.79 Å². The number of nitrogens with zero attached hydrogens (tertiary/aromatic N) is 1. The normalized spacial score (nSPS) is 11.9. The van der Waals surface area contributed by atoms with Crippen molar-refractivity contribution in [3.05, 3.63) is 59.4 Å². The molecule has 0 saturated carbocycles. The summed E-state index contributed by atoms with van der Waals surface area (Å²) in [5.41, 5.74) is 4.36. The number of nitrogens with one attached hydrogen (secondary N) is 1. The molecule has 2 aromatic rings. The lowest BCUT2D eigenvalue weighted by molar-refractivity contribution is -0.116. The Bertz CT molecular complexity index is 593. The molecule has 1 amide bonds. The molecule has 2 rings (SSSR count). The number of aryl methyl sites for hydroxylation is 2. The molecule has 0 fully saturated rings. The molecule has 1 aromatic carbocycles. The van der Waals surface area contributed by atoms with Crippen molar-refractivity contribution < 1.29 is 4.79 Å². The van der Waals surface area contributed by atoms with Gasteiger partial charge in [0.15, 0.2) is 0 Å². The van der Waals surface area contributed by atoms with E-state index in [1.807, 2.05) is 50.4 Å². The molecular weight excluding hydrogens is 248 g/mol. The maximum absolute atomic E-state index is 12.1. The van der Waals surface area contributed by atoms with Crippen LogP contribution in [-0.4, -0.2) is 10.9 Å². The van der Waals surface area contributed by atoms with E-state index in [1.54, 1.807) is 6.20 Å². The highest BCUT2D eigenvalue weighted by Crippen LogP contribution is 2.19. The summed E-state index contributed by atoms with van der Waals surface area (Å²) in [4.78, 5) is 16.1. The molecule has 1 heterocycles. The smallest absolute Gasteiger partial charge is 0.224 e. The molecule has 104 valence electrons. The lowest BCUT2D eigenvalue weighted by atomic mass is 9.99. The Morgan fingerprint density at radius 2 is 2.05 bits per heavy atom. The van der Waals surface area contributed by atoms with Gasteiger partial charge in [-0.1, -0.05) is 19.1 Å². The molecule has 1 N–H and O–H groups in total. The van der Waals surface area contributed by atoms with Crippen LogP contribution < -0.4 is 5.32 Å². The van der Waals surface area contributed by atoms with E-state index < -0.39 is 0 Å². The van der Waals surface area contributed by atoms with Crippen LogP contribution in [0.1, 0.15) is 36.0 Å². The lowest BCUT2D eigenvalue weighted by Gasteiger charge is -2.12. The fourth-order valence-electron chi connectivity index (χ4n) is 2.09. The Balaban J connectivity index is 1.97. The van der Waals surface area contributed by atoms with Crippen molar-refractivity contribution in [3.63, 3.8) is 0 Å². The largest absolute Gasteiger partial charge is 0.326 e. The Kier molecular flexibility index (Phi) is 4.51. The number of amides is 1. The average Bonchev–Trinajstić information content (AvgIpc) is 2.44. The minimum absolute atomic E-state index is 0.0320. The molecule has 1 atom stereocenters. The van der Waals surface area contributed by atoms with E-state index in [4.69, 9.17) is 0 Å². The summed E-state index contributed by atoms with van der Waals surface area (Å²) < 4.78 is 0. The summed E-state index contributed by atoms with van der Waals surface area (Å²) in [5, 5.41) is 2.95. The molecule has 0 radical (unpaired) electrons. The second kappa shape index (κ2) is 6.33. The number of hydrogen-bond donors (Lipinski definition) is 1. The standard InChI is InChI=1S/C17H20N2O/c1-12-6-7-16(9-13(12)2)19-17(20)10-14(3)15-5-4-8-18-11-15/h4-9,11,14H,10H2,1-3H3,(H,19,20). The molecule has 0 aliphatic rings. The molecule has 0 bridgehead atoms. The molecule has 3 nitrogen and oxygen atoms in total. The Morgan fingerprint density at radius 1 is 1.25 bits per heavy atom. The average molecular weight is 268 g/mol. The fraction of sp³-hybridized carbons (Fsp3) is 0.294. The van der Waals surface area contributed by atoms with Crippen LogP contribution in [0.2, 0.25) is 0 Å². The number of anilines is 1. The van der Waals surface area contributed by atoms with Gasteiger partial charge in [0, 0.05) is 24.5 Å². The molecule has 3 heteroatoms. The first kappa shape index (κ1) is 14.3. The van der Waals surface area contributed by atoms with E-state index in [1.165, 1.54) is 11.1 Å². The number of benzene rings is 1. The third kappa shape index (κ3) is 3.67. The molecule has 0 spiro atoms. The van der Waals surface area contributed by atoms with Gasteiger partial charge in [-0.25, -0.2) is 0 Å². The quantitative estimate of drug-likeness (QED) is 0.915. The van der Waals surface area contributed by atoms with Gasteiger partial charge in [0.1, 0.15) is 0 Å². The first-order valence-corrected chi connectivity index (χ1v) is 6.83. The molecule has 0 aliphatic heterocycles. The first-order valence-electron chi connectivity index (χ1n) is 6.83. The van der Waals surface area contributed by atoms with Crippen molar-refractivity contribution in [2.45, 2.75) is 33.1 Å². The maximum atomic E-state index is 12.1. The third-order valence-corrected chi connectivity index (χ3v) is 3.54. The van der Waals surface area contributed by atoms with Gasteiger partial charge in [0.2, 0.25) is 5.91 Å². The topological polar surface area (TPSA) is 42.0 Å². The molecule has 20 heavy (non-hydrogen) atoms. The highest BCUT2D eigenvalue weighted by molar-refractivity contribution is 5.91. The molecular formula is C17H20N2O. The summed E-state index contributed by atoms with van der Waals surface area (Å²) in [7, 11) is 0. The summed E-state index contributed by atoms with van der Waals surface area (Å²) in [5.74, 6) is 0.194. The van der Waals surface area contributed by atoms with E-state index in [2.05, 4.69) is 17.2 Å². The number of carbonyl (C=O) groups excluding carboxylic acids is 1. The number of aromatic nitrogens is 1. The van der Waals surface area contributed by atoms with Crippen molar-refractivity contribution in [3.8, 4) is 0 Å². The third-order valence-electron chi connectivity index (χ3n) is 3.54. The van der Waals surface area contributed by atoms with Crippen molar-refractivity contribution in [1.82, 2.24) is 4.98 Å². The highest BCUT2D eigenvalue weighted by atomic mass is 16.1. The number of rotatable bonds is 4. The summed E-state index contributed by atoms with van der Waals surface area (Å²) in [6.45, 7) is 6.14. The van der Waals surface area contributed by atoms with E-state index in [-0.39, 0.29) is 11.8 Å². The summed E-state index contributed by atoms with van der Waals surface area (Å²) >= 11 is 0. The van der Waals surface area contributed by atoms with Crippen molar-refractivity contribution in [2.24, 2.45) is 0 Å². The van der Waals surface area contributed by atoms with Gasteiger partial charge in [-0.3, -0.25) is 9.78 Å². The van der Waals surface area contributed by atoms with Crippen LogP contribution in [0.3, 0.4) is 0 Å². The van der Waals surface area contributed by atoms with Gasteiger partial charge in [-0.2, -0.15) is 0 Å². The van der Waals surface area contributed by atoms with Gasteiger partial charge in [0.25, 0.3) is 0 Å². The van der Waals surface area contributed by atoms with Crippen LogP contribution in [0.25, 0.3) is 0 Å². The van der Waals surface area contributed by atoms with Crippen LogP contribution in [0.4, 0.5) is 5.69 Å². The van der Waals surface area contributed by atoms with E-state index >= 15 is 0 Å². The van der Waals surface area contributed by atoms with Gasteiger partial charge in [-0.05, 0) is 54.7 Å². The first-order chi connectivity index (χ1) is 9.56. The van der Waals surface area contributed by atoms with Crippen LogP contribution >= 0.6 is 0 Å². The van der Waals surface area contributed by atoms with Gasteiger partial charge < -0.3 is 5.32 Å².